The first-order chi connectivity index (χ1) is 13.9. The van der Waals surface area contributed by atoms with Crippen LogP contribution in [0.2, 0.25) is 0 Å². The summed E-state index contributed by atoms with van der Waals surface area (Å²) in [6.07, 6.45) is 3.83. The summed E-state index contributed by atoms with van der Waals surface area (Å²) in [7, 11) is -1.13. The van der Waals surface area contributed by atoms with E-state index in [4.69, 9.17) is 0 Å². The number of nitrogens with one attached hydrogen (secondary N) is 1. The molecule has 2 fully saturated rings. The van der Waals surface area contributed by atoms with Gasteiger partial charge in [0, 0.05) is 52.0 Å². The van der Waals surface area contributed by atoms with Crippen molar-refractivity contribution < 1.29 is 13.2 Å². The lowest BCUT2D eigenvalue weighted by molar-refractivity contribution is -0.126. The smallest absolute Gasteiger partial charge is 0.224 e. The van der Waals surface area contributed by atoms with E-state index in [2.05, 4.69) is 27.1 Å². The van der Waals surface area contributed by atoms with Gasteiger partial charge in [0.1, 0.15) is 5.82 Å². The van der Waals surface area contributed by atoms with Gasteiger partial charge >= 0.3 is 0 Å². The van der Waals surface area contributed by atoms with Crippen LogP contribution >= 0.6 is 0 Å². The molecule has 2 aliphatic rings. The zero-order chi connectivity index (χ0) is 20.9. The summed E-state index contributed by atoms with van der Waals surface area (Å²) in [5, 5.41) is 2.99. The van der Waals surface area contributed by atoms with Gasteiger partial charge in [0.25, 0.3) is 0 Å². The van der Waals surface area contributed by atoms with Crippen molar-refractivity contribution in [3.63, 3.8) is 0 Å². The van der Waals surface area contributed by atoms with Crippen LogP contribution in [0.5, 0.6) is 0 Å². The minimum Gasteiger partial charge on any atom is -0.354 e. The number of piperazine rings is 1. The molecular formula is C20H33N5O3S. The number of pyridine rings is 1. The lowest BCUT2D eigenvalue weighted by atomic mass is 9.99. The number of carbonyl (C=O) groups excluding carboxylic acids is 1. The lowest BCUT2D eigenvalue weighted by Gasteiger charge is -2.33. The summed E-state index contributed by atoms with van der Waals surface area (Å²) in [6, 6.07) is 3.95. The molecule has 2 saturated heterocycles. The molecule has 1 amide bonds. The van der Waals surface area contributed by atoms with Gasteiger partial charge in [0.2, 0.25) is 15.9 Å². The van der Waals surface area contributed by atoms with Gasteiger partial charge in [-0.15, -0.1) is 0 Å². The first-order valence-corrected chi connectivity index (χ1v) is 12.1. The Morgan fingerprint density at radius 3 is 2.72 bits per heavy atom. The predicted molar refractivity (Wildman–Crippen MR) is 114 cm³/mol. The van der Waals surface area contributed by atoms with Crippen LogP contribution in [0.3, 0.4) is 0 Å². The number of likely N-dealkylation sites (N-methyl/N-ethyl adjacent to an activating group) is 1. The number of carbonyl (C=O) groups is 1. The Morgan fingerprint density at radius 1 is 1.24 bits per heavy atom. The number of hydrogen-bond acceptors (Lipinski definition) is 6. The van der Waals surface area contributed by atoms with Crippen LogP contribution in [0.4, 0.5) is 5.82 Å². The number of rotatable bonds is 7. The Kier molecular flexibility index (Phi) is 7.48. The highest BCUT2D eigenvalue weighted by Gasteiger charge is 2.31. The third-order valence-electron chi connectivity index (χ3n) is 5.71. The molecule has 3 rings (SSSR count). The number of anilines is 1. The topological polar surface area (TPSA) is 85.8 Å². The molecular weight excluding hydrogens is 390 g/mol. The fourth-order valence-electron chi connectivity index (χ4n) is 3.91. The summed E-state index contributed by atoms with van der Waals surface area (Å²) in [5.41, 5.74) is 1.01. The highest BCUT2D eigenvalue weighted by atomic mass is 32.2. The first-order valence-electron chi connectivity index (χ1n) is 10.5. The fourth-order valence-corrected chi connectivity index (χ4v) is 5.50. The summed E-state index contributed by atoms with van der Waals surface area (Å²) in [6.45, 7) is 7.02. The van der Waals surface area contributed by atoms with Crippen molar-refractivity contribution in [2.45, 2.75) is 32.7 Å². The van der Waals surface area contributed by atoms with Gasteiger partial charge < -0.3 is 15.1 Å². The molecule has 3 heterocycles. The molecule has 8 nitrogen and oxygen atoms in total. The largest absolute Gasteiger partial charge is 0.354 e. The molecule has 2 aliphatic heterocycles. The van der Waals surface area contributed by atoms with E-state index in [1.807, 2.05) is 19.1 Å². The van der Waals surface area contributed by atoms with Crippen molar-refractivity contribution in [3.8, 4) is 0 Å². The molecule has 0 spiro atoms. The van der Waals surface area contributed by atoms with Crippen LogP contribution in [0.25, 0.3) is 0 Å². The Morgan fingerprint density at radius 2 is 2.00 bits per heavy atom. The van der Waals surface area contributed by atoms with Crippen molar-refractivity contribution in [2.24, 2.45) is 5.92 Å². The second kappa shape index (κ2) is 9.86. The van der Waals surface area contributed by atoms with Crippen LogP contribution in [0.1, 0.15) is 31.7 Å². The average molecular weight is 424 g/mol. The molecule has 1 unspecified atom stereocenters. The second-order valence-electron chi connectivity index (χ2n) is 8.04. The van der Waals surface area contributed by atoms with Crippen molar-refractivity contribution in [1.82, 2.24) is 19.5 Å². The molecule has 0 bridgehead atoms. The SMILES string of the molecule is CCCS(=O)(=O)N1CCCC(C(=O)NCc2ccnc(N3CCN(C)CC3)c2)C1. The molecule has 0 radical (unpaired) electrons. The van der Waals surface area contributed by atoms with E-state index in [0.717, 1.165) is 50.4 Å². The van der Waals surface area contributed by atoms with Crippen LogP contribution in [-0.4, -0.2) is 80.6 Å². The third-order valence-corrected chi connectivity index (χ3v) is 7.76. The van der Waals surface area contributed by atoms with Crippen molar-refractivity contribution >= 4 is 21.7 Å². The summed E-state index contributed by atoms with van der Waals surface area (Å²) in [5.74, 6) is 0.737. The molecule has 1 N–H and O–H groups in total. The van der Waals surface area contributed by atoms with Gasteiger partial charge in [-0.05, 0) is 44.0 Å². The number of nitrogens with zero attached hydrogens (tertiary/aromatic N) is 4. The van der Waals surface area contributed by atoms with Gasteiger partial charge in [-0.2, -0.15) is 0 Å². The van der Waals surface area contributed by atoms with E-state index in [9.17, 15) is 13.2 Å². The predicted octanol–water partition coefficient (Wildman–Crippen LogP) is 0.901. The van der Waals surface area contributed by atoms with Gasteiger partial charge in [-0.3, -0.25) is 4.79 Å². The Bertz CT molecular complexity index is 793. The Hall–Kier alpha value is -1.71. The van der Waals surface area contributed by atoms with Gasteiger partial charge in [-0.25, -0.2) is 17.7 Å². The number of amides is 1. The maximum absolute atomic E-state index is 12.7. The highest BCUT2D eigenvalue weighted by molar-refractivity contribution is 7.89. The number of sulfonamides is 1. The van der Waals surface area contributed by atoms with E-state index >= 15 is 0 Å². The van der Waals surface area contributed by atoms with Gasteiger partial charge in [0.05, 0.1) is 11.7 Å². The maximum Gasteiger partial charge on any atom is 0.224 e. The molecule has 162 valence electrons. The number of piperidine rings is 1. The lowest BCUT2D eigenvalue weighted by Crippen LogP contribution is -2.46. The van der Waals surface area contributed by atoms with Gasteiger partial charge in [0.15, 0.2) is 0 Å². The third kappa shape index (κ3) is 5.90. The normalized spacial score (nSPS) is 21.9. The van der Waals surface area contributed by atoms with Crippen molar-refractivity contribution in [2.75, 3.05) is 57.0 Å². The minimum atomic E-state index is -3.25. The maximum atomic E-state index is 12.7. The Balaban J connectivity index is 1.54. The zero-order valence-corrected chi connectivity index (χ0v) is 18.3. The minimum absolute atomic E-state index is 0.0700. The van der Waals surface area contributed by atoms with E-state index in [1.165, 1.54) is 4.31 Å². The van der Waals surface area contributed by atoms with Crippen LogP contribution in [-0.2, 0) is 21.4 Å². The quantitative estimate of drug-likeness (QED) is 0.701. The highest BCUT2D eigenvalue weighted by Crippen LogP contribution is 2.20. The second-order valence-corrected chi connectivity index (χ2v) is 10.1. The van der Waals surface area contributed by atoms with Crippen LogP contribution in [0, 0.1) is 5.92 Å². The van der Waals surface area contributed by atoms with E-state index < -0.39 is 10.0 Å². The molecule has 1 atom stereocenters. The molecule has 0 saturated carbocycles. The summed E-state index contributed by atoms with van der Waals surface area (Å²) in [4.78, 5) is 21.7. The van der Waals surface area contributed by atoms with E-state index in [1.54, 1.807) is 6.20 Å². The number of hydrogen-bond donors (Lipinski definition) is 1. The van der Waals surface area contributed by atoms with Gasteiger partial charge in [-0.1, -0.05) is 6.92 Å². The molecule has 1 aromatic heterocycles. The van der Waals surface area contributed by atoms with Crippen molar-refractivity contribution in [3.05, 3.63) is 23.9 Å². The summed E-state index contributed by atoms with van der Waals surface area (Å²) >= 11 is 0. The van der Waals surface area contributed by atoms with Crippen LogP contribution in [0.15, 0.2) is 18.3 Å². The standard InChI is InChI=1S/C20H33N5O3S/c1-3-13-29(27,28)25-8-4-5-18(16-25)20(26)22-15-17-6-7-21-19(14-17)24-11-9-23(2)10-12-24/h6-7,14,18H,3-5,8-13,15-16H2,1-2H3,(H,22,26). The van der Waals surface area contributed by atoms with Crippen LogP contribution < -0.4 is 10.2 Å². The zero-order valence-electron chi connectivity index (χ0n) is 17.5. The molecule has 0 aliphatic carbocycles. The fraction of sp³-hybridized carbons (Fsp3) is 0.700. The number of aromatic nitrogens is 1. The monoisotopic (exact) mass is 423 g/mol. The molecule has 29 heavy (non-hydrogen) atoms. The average Bonchev–Trinajstić information content (AvgIpc) is 2.73. The Labute approximate surface area is 174 Å². The first kappa shape index (κ1) is 22.0. The van der Waals surface area contributed by atoms with Crippen molar-refractivity contribution in [1.29, 1.82) is 0 Å². The van der Waals surface area contributed by atoms with E-state index in [-0.39, 0.29) is 24.1 Å². The summed E-state index contributed by atoms with van der Waals surface area (Å²) < 4.78 is 26.1. The molecule has 0 aromatic carbocycles. The molecule has 1 aromatic rings. The molecule has 9 heteroatoms. The van der Waals surface area contributed by atoms with E-state index in [0.29, 0.717) is 19.5 Å².